The van der Waals surface area contributed by atoms with E-state index in [1.807, 2.05) is 17.7 Å². The van der Waals surface area contributed by atoms with E-state index in [1.54, 1.807) is 6.20 Å². The Kier molecular flexibility index (Phi) is 4.31. The van der Waals surface area contributed by atoms with Crippen LogP contribution in [0.25, 0.3) is 0 Å². The highest BCUT2D eigenvalue weighted by atomic mass is 32.1. The zero-order chi connectivity index (χ0) is 7.78. The van der Waals surface area contributed by atoms with E-state index >= 15 is 0 Å². The molecule has 0 atom stereocenters. The highest BCUT2D eigenvalue weighted by molar-refractivity contribution is 7.03. The van der Waals surface area contributed by atoms with Crippen LogP contribution in [0.5, 0.6) is 0 Å². The van der Waals surface area contributed by atoms with E-state index in [2.05, 4.69) is 20.2 Å². The van der Waals surface area contributed by atoms with Gasteiger partial charge in [-0.15, -0.1) is 5.10 Å². The summed E-state index contributed by atoms with van der Waals surface area (Å²) in [5.74, 6) is 0. The van der Waals surface area contributed by atoms with Crippen LogP contribution in [-0.4, -0.2) is 22.8 Å². The number of aromatic nitrogens is 2. The minimum absolute atomic E-state index is 0.913. The Labute approximate surface area is 69.5 Å². The van der Waals surface area contributed by atoms with Crippen LogP contribution in [0.15, 0.2) is 23.9 Å². The van der Waals surface area contributed by atoms with Gasteiger partial charge in [-0.3, -0.25) is 5.32 Å². The normalized spacial score (nSPS) is 14.5. The highest BCUT2D eigenvalue weighted by Crippen LogP contribution is 1.78. The summed E-state index contributed by atoms with van der Waals surface area (Å²) in [4.78, 5) is 0. The lowest BCUT2D eigenvalue weighted by molar-refractivity contribution is 0.669. The number of nitrogens with one attached hydrogen (secondary N) is 2. The Balaban J connectivity index is 0.000000112. The molecule has 0 saturated heterocycles. The van der Waals surface area contributed by atoms with Crippen LogP contribution in [0.4, 0.5) is 0 Å². The van der Waals surface area contributed by atoms with Crippen molar-refractivity contribution in [2.24, 2.45) is 0 Å². The summed E-state index contributed by atoms with van der Waals surface area (Å²) in [7, 11) is 0. The van der Waals surface area contributed by atoms with Gasteiger partial charge < -0.3 is 5.32 Å². The predicted octanol–water partition coefficient (Wildman–Crippen LogP) is 0.188. The van der Waals surface area contributed by atoms with Crippen molar-refractivity contribution in [2.45, 2.75) is 0 Å². The summed E-state index contributed by atoms with van der Waals surface area (Å²) in [6, 6.07) is 0. The summed E-state index contributed by atoms with van der Waals surface area (Å²) < 4.78 is 3.51. The van der Waals surface area contributed by atoms with Gasteiger partial charge in [-0.05, 0) is 17.7 Å². The van der Waals surface area contributed by atoms with Crippen molar-refractivity contribution < 1.29 is 0 Å². The maximum absolute atomic E-state index is 3.51. The molecule has 0 amide bonds. The third kappa shape index (κ3) is 4.46. The number of rotatable bonds is 0. The van der Waals surface area contributed by atoms with Gasteiger partial charge in [0.2, 0.25) is 0 Å². The minimum atomic E-state index is 0.913. The molecule has 0 unspecified atom stereocenters. The van der Waals surface area contributed by atoms with Gasteiger partial charge in [0, 0.05) is 11.9 Å². The fourth-order valence-electron chi connectivity index (χ4n) is 0.565. The van der Waals surface area contributed by atoms with E-state index < -0.39 is 0 Å². The van der Waals surface area contributed by atoms with Gasteiger partial charge in [-0.25, -0.2) is 0 Å². The SMILES string of the molecule is C1=CNCNC1.c1csnn1. The van der Waals surface area contributed by atoms with E-state index in [9.17, 15) is 0 Å². The first-order chi connectivity index (χ1) is 5.50. The first-order valence-electron chi connectivity index (χ1n) is 3.30. The van der Waals surface area contributed by atoms with Gasteiger partial charge in [0.1, 0.15) is 0 Å². The van der Waals surface area contributed by atoms with E-state index in [-0.39, 0.29) is 0 Å². The molecule has 11 heavy (non-hydrogen) atoms. The van der Waals surface area contributed by atoms with Crippen LogP contribution >= 0.6 is 11.5 Å². The lowest BCUT2D eigenvalue weighted by Crippen LogP contribution is -2.29. The maximum Gasteiger partial charge on any atom is 0.0650 e. The van der Waals surface area contributed by atoms with Crippen LogP contribution in [0, 0.1) is 0 Å². The van der Waals surface area contributed by atoms with Gasteiger partial charge in [-0.1, -0.05) is 10.6 Å². The molecule has 0 radical (unpaired) electrons. The molecule has 0 bridgehead atoms. The molecule has 1 aromatic heterocycles. The molecule has 0 aromatic carbocycles. The van der Waals surface area contributed by atoms with Gasteiger partial charge >= 0.3 is 0 Å². The Morgan fingerprint density at radius 2 is 2.45 bits per heavy atom. The average molecular weight is 170 g/mol. The van der Waals surface area contributed by atoms with Crippen molar-refractivity contribution in [3.8, 4) is 0 Å². The summed E-state index contributed by atoms with van der Waals surface area (Å²) in [6.07, 6.45) is 5.66. The average Bonchev–Trinajstić information content (AvgIpc) is 2.64. The van der Waals surface area contributed by atoms with Crippen molar-refractivity contribution in [1.82, 2.24) is 20.2 Å². The first kappa shape index (κ1) is 8.16. The monoisotopic (exact) mass is 170 g/mol. The van der Waals surface area contributed by atoms with Crippen LogP contribution in [0.1, 0.15) is 0 Å². The zero-order valence-corrected chi connectivity index (χ0v) is 6.84. The molecule has 0 saturated carbocycles. The van der Waals surface area contributed by atoms with Gasteiger partial charge in [0.25, 0.3) is 0 Å². The van der Waals surface area contributed by atoms with E-state index in [4.69, 9.17) is 0 Å². The smallest absolute Gasteiger partial charge is 0.0650 e. The Bertz CT molecular complexity index is 159. The second kappa shape index (κ2) is 5.82. The lowest BCUT2D eigenvalue weighted by Gasteiger charge is -2.05. The summed E-state index contributed by atoms with van der Waals surface area (Å²) in [5, 5.41) is 11.4. The molecule has 0 fully saturated rings. The molecule has 4 nitrogen and oxygen atoms in total. The molecule has 0 aliphatic carbocycles. The van der Waals surface area contributed by atoms with E-state index in [0.717, 1.165) is 13.2 Å². The van der Waals surface area contributed by atoms with Crippen molar-refractivity contribution in [1.29, 1.82) is 0 Å². The molecule has 60 valence electrons. The van der Waals surface area contributed by atoms with E-state index in [1.165, 1.54) is 11.5 Å². The van der Waals surface area contributed by atoms with Gasteiger partial charge in [0.05, 0.1) is 12.9 Å². The predicted molar refractivity (Wildman–Crippen MR) is 45.1 cm³/mol. The summed E-state index contributed by atoms with van der Waals surface area (Å²) in [6.45, 7) is 1.92. The largest absolute Gasteiger partial charge is 0.379 e. The lowest BCUT2D eigenvalue weighted by atomic mass is 10.5. The molecule has 2 N–H and O–H groups in total. The van der Waals surface area contributed by atoms with Crippen molar-refractivity contribution in [3.63, 3.8) is 0 Å². The fraction of sp³-hybridized carbons (Fsp3) is 0.333. The quantitative estimate of drug-likeness (QED) is 0.583. The molecule has 1 aliphatic rings. The molecule has 1 aromatic rings. The molecular weight excluding hydrogens is 160 g/mol. The van der Waals surface area contributed by atoms with Crippen LogP contribution in [-0.2, 0) is 0 Å². The summed E-state index contributed by atoms with van der Waals surface area (Å²) >= 11 is 1.35. The second-order valence-corrected chi connectivity index (χ2v) is 2.47. The molecule has 2 rings (SSSR count). The van der Waals surface area contributed by atoms with Gasteiger partial charge in [0.15, 0.2) is 0 Å². The maximum atomic E-state index is 3.51. The first-order valence-corrected chi connectivity index (χ1v) is 4.14. The number of nitrogens with zero attached hydrogens (tertiary/aromatic N) is 2. The molecule has 0 spiro atoms. The summed E-state index contributed by atoms with van der Waals surface area (Å²) in [5.41, 5.74) is 0. The molecule has 1 aliphatic heterocycles. The molecular formula is C6H10N4S. The topological polar surface area (TPSA) is 49.8 Å². The molecule has 5 heteroatoms. The van der Waals surface area contributed by atoms with Crippen molar-refractivity contribution >= 4 is 11.5 Å². The third-order valence-corrected chi connectivity index (χ3v) is 1.44. The molecule has 2 heterocycles. The zero-order valence-electron chi connectivity index (χ0n) is 6.03. The van der Waals surface area contributed by atoms with Crippen molar-refractivity contribution in [2.75, 3.05) is 13.2 Å². The second-order valence-electron chi connectivity index (χ2n) is 1.83. The van der Waals surface area contributed by atoms with Crippen LogP contribution in [0.3, 0.4) is 0 Å². The minimum Gasteiger partial charge on any atom is -0.379 e. The number of hydrogen-bond acceptors (Lipinski definition) is 5. The standard InChI is InChI=1S/C4H8N2.C2H2N2S/c1-2-5-4-6-3-1;1-2-5-4-3-1/h1-2,5-6H,3-4H2;1-2H. The van der Waals surface area contributed by atoms with E-state index in [0.29, 0.717) is 0 Å². The third-order valence-electron chi connectivity index (χ3n) is 1.01. The Morgan fingerprint density at radius 3 is 2.64 bits per heavy atom. The van der Waals surface area contributed by atoms with Gasteiger partial charge in [-0.2, -0.15) is 0 Å². The fourth-order valence-corrected chi connectivity index (χ4v) is 0.837. The van der Waals surface area contributed by atoms with Crippen LogP contribution in [0.2, 0.25) is 0 Å². The van der Waals surface area contributed by atoms with Crippen LogP contribution < -0.4 is 10.6 Å². The Hall–Kier alpha value is -0.940. The van der Waals surface area contributed by atoms with Crippen molar-refractivity contribution in [3.05, 3.63) is 23.9 Å². The Morgan fingerprint density at radius 1 is 1.45 bits per heavy atom. The number of hydrogen-bond donors (Lipinski definition) is 2. The highest BCUT2D eigenvalue weighted by Gasteiger charge is 1.81.